The van der Waals surface area contributed by atoms with Gasteiger partial charge in [0.25, 0.3) is 0 Å². The first-order valence-corrected chi connectivity index (χ1v) is 5.29. The number of allylic oxidation sites excluding steroid dienone is 1. The Labute approximate surface area is 93.6 Å². The van der Waals surface area contributed by atoms with Crippen molar-refractivity contribution < 1.29 is 5.11 Å². The summed E-state index contributed by atoms with van der Waals surface area (Å²) in [6.07, 6.45) is 3.86. The number of alkyl halides is 1. The first-order valence-electron chi connectivity index (χ1n) is 4.76. The lowest BCUT2D eigenvalue weighted by Crippen LogP contribution is -1.79. The predicted molar refractivity (Wildman–Crippen MR) is 65.4 cm³/mol. The topological polar surface area (TPSA) is 20.2 Å². The van der Waals surface area contributed by atoms with E-state index < -0.39 is 0 Å². The molecule has 0 aliphatic rings. The molecule has 0 aromatic heterocycles. The Hall–Kier alpha value is -1.47. The van der Waals surface area contributed by atoms with Gasteiger partial charge in [-0.25, -0.2) is 0 Å². The Balaban J connectivity index is 2.66. The third-order valence-corrected chi connectivity index (χ3v) is 2.50. The summed E-state index contributed by atoms with van der Waals surface area (Å²) in [6.45, 7) is 0. The molecule has 0 saturated heterocycles. The van der Waals surface area contributed by atoms with Crippen LogP contribution in [0.15, 0.2) is 42.5 Å². The Morgan fingerprint density at radius 1 is 1.07 bits per heavy atom. The average Bonchev–Trinajstić information content (AvgIpc) is 2.29. The normalized spacial score (nSPS) is 11.3. The van der Waals surface area contributed by atoms with Crippen LogP contribution in [0.2, 0.25) is 0 Å². The Morgan fingerprint density at radius 2 is 1.80 bits per heavy atom. The van der Waals surface area contributed by atoms with E-state index in [2.05, 4.69) is 0 Å². The van der Waals surface area contributed by atoms with Crippen molar-refractivity contribution >= 4 is 28.4 Å². The van der Waals surface area contributed by atoms with Crippen LogP contribution in [-0.2, 0) is 0 Å². The van der Waals surface area contributed by atoms with E-state index in [1.807, 2.05) is 42.5 Å². The van der Waals surface area contributed by atoms with Crippen LogP contribution < -0.4 is 0 Å². The van der Waals surface area contributed by atoms with Gasteiger partial charge in [-0.3, -0.25) is 0 Å². The Morgan fingerprint density at radius 3 is 2.53 bits per heavy atom. The Bertz CT molecular complexity index is 503. The van der Waals surface area contributed by atoms with Crippen LogP contribution in [0.25, 0.3) is 16.8 Å². The van der Waals surface area contributed by atoms with Gasteiger partial charge in [0, 0.05) is 11.3 Å². The van der Waals surface area contributed by atoms with Crippen molar-refractivity contribution in [2.45, 2.75) is 0 Å². The molecule has 0 spiro atoms. The van der Waals surface area contributed by atoms with Crippen LogP contribution in [0.3, 0.4) is 0 Å². The van der Waals surface area contributed by atoms with E-state index in [4.69, 9.17) is 11.6 Å². The summed E-state index contributed by atoms with van der Waals surface area (Å²) in [4.78, 5) is 0. The van der Waals surface area contributed by atoms with E-state index in [9.17, 15) is 5.11 Å². The molecule has 0 saturated carbocycles. The lowest BCUT2D eigenvalue weighted by molar-refractivity contribution is 0.481. The lowest BCUT2D eigenvalue weighted by Gasteiger charge is -2.04. The molecule has 0 atom stereocenters. The summed E-state index contributed by atoms with van der Waals surface area (Å²) < 4.78 is 0. The minimum Gasteiger partial charge on any atom is -0.507 e. The van der Waals surface area contributed by atoms with Gasteiger partial charge in [-0.05, 0) is 17.0 Å². The van der Waals surface area contributed by atoms with Crippen LogP contribution in [0.4, 0.5) is 0 Å². The van der Waals surface area contributed by atoms with E-state index in [0.717, 1.165) is 16.3 Å². The number of halogens is 1. The quantitative estimate of drug-likeness (QED) is 0.761. The molecule has 2 aromatic rings. The monoisotopic (exact) mass is 218 g/mol. The molecular formula is C13H11ClO. The fourth-order valence-electron chi connectivity index (χ4n) is 1.62. The van der Waals surface area contributed by atoms with Crippen molar-refractivity contribution in [3.63, 3.8) is 0 Å². The van der Waals surface area contributed by atoms with Crippen molar-refractivity contribution in [3.8, 4) is 5.75 Å². The molecular weight excluding hydrogens is 208 g/mol. The second-order valence-corrected chi connectivity index (χ2v) is 3.58. The van der Waals surface area contributed by atoms with Gasteiger partial charge in [0.1, 0.15) is 5.75 Å². The average molecular weight is 219 g/mol. The molecule has 2 rings (SSSR count). The first kappa shape index (κ1) is 10.1. The first-order chi connectivity index (χ1) is 7.33. The lowest BCUT2D eigenvalue weighted by atomic mass is 10.0. The molecule has 0 heterocycles. The van der Waals surface area contributed by atoms with Crippen LogP contribution in [0.1, 0.15) is 5.56 Å². The summed E-state index contributed by atoms with van der Waals surface area (Å²) >= 11 is 5.60. The molecule has 0 unspecified atom stereocenters. The molecule has 0 aliphatic carbocycles. The zero-order valence-corrected chi connectivity index (χ0v) is 8.91. The van der Waals surface area contributed by atoms with E-state index in [-0.39, 0.29) is 0 Å². The second-order valence-electron chi connectivity index (χ2n) is 3.28. The molecule has 0 bridgehead atoms. The van der Waals surface area contributed by atoms with Crippen molar-refractivity contribution in [1.29, 1.82) is 0 Å². The maximum absolute atomic E-state index is 9.67. The van der Waals surface area contributed by atoms with Gasteiger partial charge in [0.2, 0.25) is 0 Å². The van der Waals surface area contributed by atoms with E-state index in [1.165, 1.54) is 0 Å². The maximum atomic E-state index is 9.67. The highest BCUT2D eigenvalue weighted by Gasteiger charge is 2.01. The highest BCUT2D eigenvalue weighted by atomic mass is 35.5. The van der Waals surface area contributed by atoms with Gasteiger partial charge in [0.15, 0.2) is 0 Å². The van der Waals surface area contributed by atoms with Gasteiger partial charge in [-0.1, -0.05) is 42.5 Å². The summed E-state index contributed by atoms with van der Waals surface area (Å²) in [6, 6.07) is 11.4. The molecule has 1 N–H and O–H groups in total. The third-order valence-electron chi connectivity index (χ3n) is 2.32. The second kappa shape index (κ2) is 4.37. The highest BCUT2D eigenvalue weighted by Crippen LogP contribution is 2.27. The smallest absolute Gasteiger partial charge is 0.123 e. The summed E-state index contributed by atoms with van der Waals surface area (Å²) in [5.74, 6) is 0.809. The SMILES string of the molecule is Oc1ccc(C=CCCl)c2ccccc12. The number of fused-ring (bicyclic) bond motifs is 1. The molecule has 0 fully saturated rings. The van der Waals surface area contributed by atoms with Gasteiger partial charge in [-0.2, -0.15) is 0 Å². The molecule has 0 radical (unpaired) electrons. The Kier molecular flexibility index (Phi) is 2.93. The molecule has 2 aromatic carbocycles. The maximum Gasteiger partial charge on any atom is 0.123 e. The van der Waals surface area contributed by atoms with Crippen molar-refractivity contribution in [2.24, 2.45) is 0 Å². The van der Waals surface area contributed by atoms with Gasteiger partial charge in [0.05, 0.1) is 0 Å². The molecule has 1 nitrogen and oxygen atoms in total. The number of phenols is 1. The van der Waals surface area contributed by atoms with Crippen molar-refractivity contribution in [3.05, 3.63) is 48.0 Å². The molecule has 76 valence electrons. The standard InChI is InChI=1S/C13H11ClO/c14-9-3-4-10-7-8-13(15)12-6-2-1-5-11(10)12/h1-8,15H,9H2. The predicted octanol–water partition coefficient (Wildman–Crippen LogP) is 3.80. The van der Waals surface area contributed by atoms with Gasteiger partial charge in [-0.15, -0.1) is 11.6 Å². The number of hydrogen-bond acceptors (Lipinski definition) is 1. The van der Waals surface area contributed by atoms with Crippen LogP contribution in [0, 0.1) is 0 Å². The zero-order chi connectivity index (χ0) is 10.7. The number of rotatable bonds is 2. The summed E-state index contributed by atoms with van der Waals surface area (Å²) in [5.41, 5.74) is 1.07. The molecule has 15 heavy (non-hydrogen) atoms. The van der Waals surface area contributed by atoms with Crippen LogP contribution >= 0.6 is 11.6 Å². The highest BCUT2D eigenvalue weighted by molar-refractivity contribution is 6.19. The number of aromatic hydroxyl groups is 1. The van der Waals surface area contributed by atoms with Gasteiger partial charge < -0.3 is 5.11 Å². The fraction of sp³-hybridized carbons (Fsp3) is 0.0769. The van der Waals surface area contributed by atoms with Crippen LogP contribution in [0.5, 0.6) is 5.75 Å². The van der Waals surface area contributed by atoms with E-state index in [0.29, 0.717) is 11.6 Å². The zero-order valence-electron chi connectivity index (χ0n) is 8.15. The number of benzene rings is 2. The molecule has 0 aliphatic heterocycles. The minimum absolute atomic E-state index is 0.314. The summed E-state index contributed by atoms with van der Waals surface area (Å²) in [5, 5.41) is 11.6. The largest absolute Gasteiger partial charge is 0.507 e. The number of hydrogen-bond donors (Lipinski definition) is 1. The minimum atomic E-state index is 0.314. The molecule has 0 amide bonds. The number of phenolic OH excluding ortho intramolecular Hbond substituents is 1. The van der Waals surface area contributed by atoms with Crippen LogP contribution in [-0.4, -0.2) is 11.0 Å². The summed E-state index contributed by atoms with van der Waals surface area (Å²) in [7, 11) is 0. The third kappa shape index (κ3) is 1.97. The molecule has 2 heteroatoms. The van der Waals surface area contributed by atoms with E-state index in [1.54, 1.807) is 6.07 Å². The fourth-order valence-corrected chi connectivity index (χ4v) is 1.71. The van der Waals surface area contributed by atoms with Gasteiger partial charge >= 0.3 is 0 Å². The van der Waals surface area contributed by atoms with Crippen molar-refractivity contribution in [2.75, 3.05) is 5.88 Å². The van der Waals surface area contributed by atoms with Crippen molar-refractivity contribution in [1.82, 2.24) is 0 Å². The van der Waals surface area contributed by atoms with E-state index >= 15 is 0 Å².